The first-order valence-electron chi connectivity index (χ1n) is 14.0. The summed E-state index contributed by atoms with van der Waals surface area (Å²) in [6, 6.07) is 34.1. The van der Waals surface area contributed by atoms with Gasteiger partial charge in [0, 0.05) is 15.5 Å². The van der Waals surface area contributed by atoms with Crippen molar-refractivity contribution in [2.45, 2.75) is 38.0 Å². The molecule has 3 aliphatic carbocycles. The Morgan fingerprint density at radius 3 is 2.58 bits per heavy atom. The van der Waals surface area contributed by atoms with Crippen molar-refractivity contribution in [1.29, 1.82) is 0 Å². The zero-order valence-corrected chi connectivity index (χ0v) is 22.5. The monoisotopic (exact) mass is 506 g/mol. The lowest BCUT2D eigenvalue weighted by molar-refractivity contribution is 0.513. The molecule has 4 aromatic carbocycles. The van der Waals surface area contributed by atoms with Crippen LogP contribution < -0.4 is 0 Å². The molecular weight excluding hydrogens is 476 g/mol. The zero-order valence-electron chi connectivity index (χ0n) is 21.7. The van der Waals surface area contributed by atoms with Crippen molar-refractivity contribution >= 4 is 43.3 Å². The standard InChI is InChI=1S/C37H30S/c1-23-18-21-32(37-34(23)31-16-8-9-17-33(31)38-37)36-29-14-6-4-12-27(29)35(28-13-5-7-15-30(28)36)26-20-19-24-10-2-3-11-25(24)22-26/h2-6,8-14,16-17,19-23,30,36H,7,15,18H2,1H3/t23?,30-,36?/m1/s1. The van der Waals surface area contributed by atoms with Gasteiger partial charge in [0.1, 0.15) is 0 Å². The normalized spacial score (nSPS) is 22.2. The molecule has 3 atom stereocenters. The van der Waals surface area contributed by atoms with E-state index in [1.807, 2.05) is 11.3 Å². The van der Waals surface area contributed by atoms with Crippen LogP contribution in [-0.4, -0.2) is 0 Å². The fraction of sp³-hybridized carbons (Fsp3) is 0.189. The molecule has 0 radical (unpaired) electrons. The van der Waals surface area contributed by atoms with Gasteiger partial charge in [-0.1, -0.05) is 104 Å². The number of rotatable bonds is 2. The molecule has 0 saturated carbocycles. The molecule has 1 aromatic heterocycles. The highest BCUT2D eigenvalue weighted by Gasteiger charge is 2.40. The molecule has 0 N–H and O–H groups in total. The largest absolute Gasteiger partial charge is 0.135 e. The van der Waals surface area contributed by atoms with Gasteiger partial charge in [0.2, 0.25) is 0 Å². The maximum absolute atomic E-state index is 2.60. The molecule has 0 amide bonds. The van der Waals surface area contributed by atoms with Crippen molar-refractivity contribution in [1.82, 2.24) is 0 Å². The highest BCUT2D eigenvalue weighted by Crippen LogP contribution is 2.57. The van der Waals surface area contributed by atoms with Crippen LogP contribution in [0.1, 0.15) is 65.2 Å². The fourth-order valence-corrected chi connectivity index (χ4v) is 8.75. The second-order valence-corrected chi connectivity index (χ2v) is 12.2. The summed E-state index contributed by atoms with van der Waals surface area (Å²) in [5, 5.41) is 4.08. The SMILES string of the molecule is CC1CC=C(C2c3ccccc3C(c3ccc4ccccc4c3)=C3C=CCC[C@H]32)c2sc3ccccc3c21. The third-order valence-electron chi connectivity index (χ3n) is 9.05. The Hall–Kier alpha value is -3.68. The number of hydrogen-bond donors (Lipinski definition) is 0. The molecule has 8 rings (SSSR count). The highest BCUT2D eigenvalue weighted by atomic mass is 32.1. The van der Waals surface area contributed by atoms with Gasteiger partial charge >= 0.3 is 0 Å². The minimum Gasteiger partial charge on any atom is -0.135 e. The van der Waals surface area contributed by atoms with Gasteiger partial charge in [-0.15, -0.1) is 11.3 Å². The molecule has 1 heteroatoms. The van der Waals surface area contributed by atoms with E-state index in [2.05, 4.69) is 116 Å². The summed E-state index contributed by atoms with van der Waals surface area (Å²) in [5.41, 5.74) is 10.4. The number of hydrogen-bond acceptors (Lipinski definition) is 1. The lowest BCUT2D eigenvalue weighted by Crippen LogP contribution is -2.25. The van der Waals surface area contributed by atoms with Crippen molar-refractivity contribution in [2.75, 3.05) is 0 Å². The minimum atomic E-state index is 0.398. The van der Waals surface area contributed by atoms with Gasteiger partial charge in [0.25, 0.3) is 0 Å². The van der Waals surface area contributed by atoms with Crippen LogP contribution in [0.5, 0.6) is 0 Å². The lowest BCUT2D eigenvalue weighted by Gasteiger charge is -2.40. The summed E-state index contributed by atoms with van der Waals surface area (Å²) >= 11 is 2.02. The van der Waals surface area contributed by atoms with Gasteiger partial charge in [0.15, 0.2) is 0 Å². The van der Waals surface area contributed by atoms with Crippen LogP contribution in [0.25, 0.3) is 32.0 Å². The van der Waals surface area contributed by atoms with E-state index in [-0.39, 0.29) is 0 Å². The van der Waals surface area contributed by atoms with Gasteiger partial charge < -0.3 is 0 Å². The van der Waals surface area contributed by atoms with Crippen molar-refractivity contribution in [3.8, 4) is 0 Å². The predicted octanol–water partition coefficient (Wildman–Crippen LogP) is 10.5. The second kappa shape index (κ2) is 8.68. The Labute approximate surface area is 228 Å². The third-order valence-corrected chi connectivity index (χ3v) is 10.3. The summed E-state index contributed by atoms with van der Waals surface area (Å²) in [7, 11) is 0. The van der Waals surface area contributed by atoms with E-state index in [0.29, 0.717) is 17.8 Å². The van der Waals surface area contributed by atoms with Gasteiger partial charge in [0.05, 0.1) is 0 Å². The molecule has 0 bridgehead atoms. The summed E-state index contributed by atoms with van der Waals surface area (Å²) in [4.78, 5) is 1.54. The van der Waals surface area contributed by atoms with Crippen LogP contribution >= 0.6 is 11.3 Å². The van der Waals surface area contributed by atoms with Crippen molar-refractivity contribution in [2.24, 2.45) is 5.92 Å². The summed E-state index contributed by atoms with van der Waals surface area (Å²) in [5.74, 6) is 1.46. The number of benzene rings is 4. The number of allylic oxidation sites excluding steroid dienone is 5. The molecule has 3 aliphatic rings. The highest BCUT2D eigenvalue weighted by molar-refractivity contribution is 7.20. The summed E-state index contributed by atoms with van der Waals surface area (Å²) in [6.07, 6.45) is 10.9. The molecule has 0 aliphatic heterocycles. The molecule has 38 heavy (non-hydrogen) atoms. The maximum Gasteiger partial charge on any atom is 0.0353 e. The maximum atomic E-state index is 2.60. The van der Waals surface area contributed by atoms with Gasteiger partial charge in [-0.25, -0.2) is 0 Å². The van der Waals surface area contributed by atoms with Gasteiger partial charge in [-0.3, -0.25) is 0 Å². The number of thiophene rings is 1. The van der Waals surface area contributed by atoms with Crippen LogP contribution in [0.2, 0.25) is 0 Å². The van der Waals surface area contributed by atoms with Crippen LogP contribution in [0.4, 0.5) is 0 Å². The van der Waals surface area contributed by atoms with E-state index in [4.69, 9.17) is 0 Å². The molecule has 1 heterocycles. The zero-order chi connectivity index (χ0) is 25.2. The Morgan fingerprint density at radius 2 is 1.63 bits per heavy atom. The average molecular weight is 507 g/mol. The lowest BCUT2D eigenvalue weighted by atomic mass is 9.63. The summed E-state index contributed by atoms with van der Waals surface area (Å²) in [6.45, 7) is 2.41. The molecule has 0 saturated heterocycles. The Balaban J connectivity index is 1.36. The van der Waals surface area contributed by atoms with Crippen LogP contribution in [0.3, 0.4) is 0 Å². The molecule has 2 unspecified atom stereocenters. The number of fused-ring (bicyclic) bond motifs is 6. The van der Waals surface area contributed by atoms with Crippen LogP contribution in [0.15, 0.2) is 115 Å². The summed E-state index contributed by atoms with van der Waals surface area (Å²) < 4.78 is 1.43. The Morgan fingerprint density at radius 1 is 0.816 bits per heavy atom. The second-order valence-electron chi connectivity index (χ2n) is 11.2. The topological polar surface area (TPSA) is 0 Å². The molecular formula is C37H30S. The first-order valence-corrected chi connectivity index (χ1v) is 14.8. The first kappa shape index (κ1) is 22.3. The van der Waals surface area contributed by atoms with Crippen LogP contribution in [0, 0.1) is 5.92 Å². The molecule has 0 spiro atoms. The predicted molar refractivity (Wildman–Crippen MR) is 164 cm³/mol. The van der Waals surface area contributed by atoms with E-state index in [9.17, 15) is 0 Å². The van der Waals surface area contributed by atoms with Crippen molar-refractivity contribution in [3.05, 3.63) is 142 Å². The van der Waals surface area contributed by atoms with Gasteiger partial charge in [-0.05, 0) is 98.4 Å². The fourth-order valence-electron chi connectivity index (χ4n) is 7.35. The van der Waals surface area contributed by atoms with Gasteiger partial charge in [-0.2, -0.15) is 0 Å². The van der Waals surface area contributed by atoms with E-state index >= 15 is 0 Å². The van der Waals surface area contributed by atoms with Crippen LogP contribution in [-0.2, 0) is 0 Å². The third kappa shape index (κ3) is 3.28. The molecule has 184 valence electrons. The molecule has 0 fully saturated rings. The first-order chi connectivity index (χ1) is 18.8. The Bertz CT molecular complexity index is 1820. The molecule has 0 nitrogen and oxygen atoms in total. The minimum absolute atomic E-state index is 0.398. The van der Waals surface area contributed by atoms with E-state index in [0.717, 1.165) is 12.8 Å². The van der Waals surface area contributed by atoms with E-state index in [1.165, 1.54) is 60.0 Å². The van der Waals surface area contributed by atoms with E-state index < -0.39 is 0 Å². The van der Waals surface area contributed by atoms with Crippen molar-refractivity contribution < 1.29 is 0 Å². The smallest absolute Gasteiger partial charge is 0.0353 e. The van der Waals surface area contributed by atoms with E-state index in [1.54, 1.807) is 11.1 Å². The average Bonchev–Trinajstić information content (AvgIpc) is 3.37. The quantitative estimate of drug-likeness (QED) is 0.223. The van der Waals surface area contributed by atoms with Crippen molar-refractivity contribution in [3.63, 3.8) is 0 Å². The molecule has 5 aromatic rings. The Kier molecular flexibility index (Phi) is 5.10.